The minimum atomic E-state index is -3.52. The number of nitrogens with zero attached hydrogens (tertiary/aromatic N) is 1. The molecule has 1 heterocycles. The summed E-state index contributed by atoms with van der Waals surface area (Å²) >= 11 is 3.31. The van der Waals surface area contributed by atoms with Crippen LogP contribution in [0.2, 0.25) is 0 Å². The van der Waals surface area contributed by atoms with Crippen molar-refractivity contribution in [1.29, 1.82) is 0 Å². The average Bonchev–Trinajstić information content (AvgIpc) is 3.19. The smallest absolute Gasteiger partial charge is 0.243 e. The van der Waals surface area contributed by atoms with Crippen LogP contribution < -0.4 is 0 Å². The van der Waals surface area contributed by atoms with Crippen molar-refractivity contribution in [2.45, 2.75) is 48.6 Å². The van der Waals surface area contributed by atoms with Crippen LogP contribution in [-0.2, 0) is 10.0 Å². The van der Waals surface area contributed by atoms with Crippen LogP contribution in [0.3, 0.4) is 0 Å². The zero-order chi connectivity index (χ0) is 14.4. The van der Waals surface area contributed by atoms with E-state index in [9.17, 15) is 13.5 Å². The molecule has 1 saturated heterocycles. The summed E-state index contributed by atoms with van der Waals surface area (Å²) in [5.74, 6) is 0. The predicted octanol–water partition coefficient (Wildman–Crippen LogP) is 2.52. The zero-order valence-electron chi connectivity index (χ0n) is 11.1. The highest BCUT2D eigenvalue weighted by atomic mass is 79.9. The van der Waals surface area contributed by atoms with Crippen molar-refractivity contribution in [2.75, 3.05) is 6.54 Å². The Morgan fingerprint density at radius 3 is 2.45 bits per heavy atom. The number of benzene rings is 1. The molecule has 0 amide bonds. The number of aliphatic hydroxyl groups is 1. The summed E-state index contributed by atoms with van der Waals surface area (Å²) in [4.78, 5) is 0.303. The highest BCUT2D eigenvalue weighted by molar-refractivity contribution is 9.10. The Labute approximate surface area is 128 Å². The topological polar surface area (TPSA) is 57.6 Å². The van der Waals surface area contributed by atoms with Gasteiger partial charge >= 0.3 is 0 Å². The molecule has 0 bridgehead atoms. The van der Waals surface area contributed by atoms with Crippen LogP contribution >= 0.6 is 15.9 Å². The Kier molecular flexibility index (Phi) is 3.69. The van der Waals surface area contributed by atoms with Crippen molar-refractivity contribution < 1.29 is 13.5 Å². The first-order valence-electron chi connectivity index (χ1n) is 6.93. The van der Waals surface area contributed by atoms with Gasteiger partial charge in [-0.3, -0.25) is 0 Å². The fraction of sp³-hybridized carbons (Fsp3) is 0.571. The van der Waals surface area contributed by atoms with Gasteiger partial charge in [0, 0.05) is 11.0 Å². The molecule has 1 aromatic carbocycles. The van der Waals surface area contributed by atoms with E-state index in [4.69, 9.17) is 0 Å². The zero-order valence-corrected chi connectivity index (χ0v) is 13.5. The maximum absolute atomic E-state index is 12.8. The van der Waals surface area contributed by atoms with Gasteiger partial charge < -0.3 is 5.11 Å². The van der Waals surface area contributed by atoms with Gasteiger partial charge in [-0.25, -0.2) is 8.42 Å². The lowest BCUT2D eigenvalue weighted by Crippen LogP contribution is -2.50. The van der Waals surface area contributed by atoms with Gasteiger partial charge in [-0.1, -0.05) is 22.4 Å². The summed E-state index contributed by atoms with van der Waals surface area (Å²) in [6.07, 6.45) is 4.03. The monoisotopic (exact) mass is 359 g/mol. The van der Waals surface area contributed by atoms with Gasteiger partial charge in [-0.05, 0) is 49.9 Å². The Balaban J connectivity index is 1.94. The molecule has 1 aromatic rings. The minimum Gasteiger partial charge on any atom is -0.388 e. The second kappa shape index (κ2) is 5.09. The summed E-state index contributed by atoms with van der Waals surface area (Å²) in [6, 6.07) is 6.43. The lowest BCUT2D eigenvalue weighted by Gasteiger charge is -2.37. The molecule has 110 valence electrons. The Morgan fingerprint density at radius 2 is 1.85 bits per heavy atom. The van der Waals surface area contributed by atoms with E-state index in [1.807, 2.05) is 0 Å². The van der Waals surface area contributed by atoms with Gasteiger partial charge in [0.25, 0.3) is 0 Å². The molecule has 6 heteroatoms. The van der Waals surface area contributed by atoms with Gasteiger partial charge in [0.1, 0.15) is 0 Å². The molecule has 0 spiro atoms. The van der Waals surface area contributed by atoms with E-state index in [1.54, 1.807) is 24.3 Å². The van der Waals surface area contributed by atoms with Crippen LogP contribution in [0.25, 0.3) is 0 Å². The van der Waals surface area contributed by atoms with E-state index >= 15 is 0 Å². The lowest BCUT2D eigenvalue weighted by molar-refractivity contribution is 0.0482. The summed E-state index contributed by atoms with van der Waals surface area (Å²) in [6.45, 7) is 0.505. The van der Waals surface area contributed by atoms with Crippen molar-refractivity contribution in [1.82, 2.24) is 4.31 Å². The van der Waals surface area contributed by atoms with Gasteiger partial charge in [0.2, 0.25) is 10.0 Å². The largest absolute Gasteiger partial charge is 0.388 e. The summed E-state index contributed by atoms with van der Waals surface area (Å²) < 4.78 is 27.9. The maximum Gasteiger partial charge on any atom is 0.243 e. The van der Waals surface area contributed by atoms with E-state index in [0.717, 1.165) is 23.7 Å². The molecule has 4 nitrogen and oxygen atoms in total. The first kappa shape index (κ1) is 14.5. The third-order valence-corrected chi connectivity index (χ3v) is 6.71. The molecule has 0 aromatic heterocycles. The highest BCUT2D eigenvalue weighted by Crippen LogP contribution is 2.45. The molecular weight excluding hydrogens is 342 g/mol. The third-order valence-electron chi connectivity index (χ3n) is 4.26. The number of piperidine rings is 1. The van der Waals surface area contributed by atoms with Crippen LogP contribution in [0.5, 0.6) is 0 Å². The molecule has 1 aliphatic carbocycles. The molecule has 0 radical (unpaired) electrons. The fourth-order valence-electron chi connectivity index (χ4n) is 2.93. The number of hydrogen-bond donors (Lipinski definition) is 1. The van der Waals surface area contributed by atoms with Crippen molar-refractivity contribution in [2.24, 2.45) is 0 Å². The molecule has 3 rings (SSSR count). The number of hydrogen-bond acceptors (Lipinski definition) is 3. The summed E-state index contributed by atoms with van der Waals surface area (Å²) in [5.41, 5.74) is -0.789. The van der Waals surface area contributed by atoms with Gasteiger partial charge in [-0.2, -0.15) is 4.31 Å². The fourth-order valence-corrected chi connectivity index (χ4v) is 4.95. The van der Waals surface area contributed by atoms with E-state index in [-0.39, 0.29) is 6.04 Å². The molecule has 2 aliphatic rings. The molecular formula is C14H18BrNO3S. The first-order valence-corrected chi connectivity index (χ1v) is 9.17. The highest BCUT2D eigenvalue weighted by Gasteiger charge is 2.53. The van der Waals surface area contributed by atoms with E-state index in [1.165, 1.54) is 4.31 Å². The SMILES string of the molecule is O=S(=O)(c1ccc(Br)cc1)N1CCCC[C@H]1C1(O)CC1. The molecule has 2 fully saturated rings. The predicted molar refractivity (Wildman–Crippen MR) is 79.9 cm³/mol. The van der Waals surface area contributed by atoms with Crippen molar-refractivity contribution in [3.63, 3.8) is 0 Å². The average molecular weight is 360 g/mol. The number of halogens is 1. The number of sulfonamides is 1. The molecule has 1 atom stereocenters. The second-order valence-corrected chi connectivity index (χ2v) is 8.49. The maximum atomic E-state index is 12.8. The van der Waals surface area contributed by atoms with Gasteiger partial charge in [0.15, 0.2) is 0 Å². The minimum absolute atomic E-state index is 0.259. The van der Waals surface area contributed by atoms with Crippen LogP contribution in [0.1, 0.15) is 32.1 Å². The van der Waals surface area contributed by atoms with Crippen molar-refractivity contribution >= 4 is 26.0 Å². The first-order chi connectivity index (χ1) is 9.43. The van der Waals surface area contributed by atoms with Gasteiger partial charge in [-0.15, -0.1) is 0 Å². The van der Waals surface area contributed by atoms with E-state index in [0.29, 0.717) is 24.3 Å². The lowest BCUT2D eigenvalue weighted by atomic mass is 9.98. The van der Waals surface area contributed by atoms with E-state index in [2.05, 4.69) is 15.9 Å². The Morgan fingerprint density at radius 1 is 1.20 bits per heavy atom. The van der Waals surface area contributed by atoms with E-state index < -0.39 is 15.6 Å². The summed E-state index contributed by atoms with van der Waals surface area (Å²) in [5, 5.41) is 10.4. The van der Waals surface area contributed by atoms with Crippen LogP contribution in [-0.4, -0.2) is 36.0 Å². The molecule has 0 unspecified atom stereocenters. The molecule has 1 N–H and O–H groups in total. The normalized spacial score (nSPS) is 26.4. The third kappa shape index (κ3) is 2.54. The van der Waals surface area contributed by atoms with Crippen molar-refractivity contribution in [3.05, 3.63) is 28.7 Å². The molecule has 1 saturated carbocycles. The standard InChI is InChI=1S/C14H18BrNO3S/c15-11-4-6-12(7-5-11)20(18,19)16-10-2-1-3-13(16)14(17)8-9-14/h4-7,13,17H,1-3,8-10H2/t13-/m0/s1. The van der Waals surface area contributed by atoms with Crippen LogP contribution in [0.4, 0.5) is 0 Å². The second-order valence-electron chi connectivity index (χ2n) is 5.68. The molecule has 20 heavy (non-hydrogen) atoms. The van der Waals surface area contributed by atoms with Crippen LogP contribution in [0, 0.1) is 0 Å². The summed E-state index contributed by atoms with van der Waals surface area (Å²) in [7, 11) is -3.52. The quantitative estimate of drug-likeness (QED) is 0.901. The van der Waals surface area contributed by atoms with Crippen LogP contribution in [0.15, 0.2) is 33.6 Å². The van der Waals surface area contributed by atoms with Gasteiger partial charge in [0.05, 0.1) is 16.5 Å². The number of rotatable bonds is 3. The molecule has 1 aliphatic heterocycles. The Bertz CT molecular complexity index is 595. The van der Waals surface area contributed by atoms with Crippen molar-refractivity contribution in [3.8, 4) is 0 Å². The Hall–Kier alpha value is -0.430.